The molecule has 0 fully saturated rings. The van der Waals surface area contributed by atoms with Crippen LogP contribution in [0, 0.1) is 20.8 Å². The summed E-state index contributed by atoms with van der Waals surface area (Å²) in [6, 6.07) is 71.3. The largest absolute Gasteiger partial charge is 0.310 e. The fraction of sp³-hybridized carbons (Fsp3) is 0.0545. The molecule has 58 heavy (non-hydrogen) atoms. The van der Waals surface area contributed by atoms with Gasteiger partial charge in [0.2, 0.25) is 6.71 Å². The molecular weight excluding hydrogens is 699 g/mol. The van der Waals surface area contributed by atoms with Crippen molar-refractivity contribution in [3.05, 3.63) is 211 Å². The van der Waals surface area contributed by atoms with Gasteiger partial charge in [-0.3, -0.25) is 0 Å². The van der Waals surface area contributed by atoms with Crippen molar-refractivity contribution in [1.29, 1.82) is 0 Å². The first-order valence-electron chi connectivity index (χ1n) is 20.3. The highest BCUT2D eigenvalue weighted by Gasteiger charge is 2.39. The number of hydrogen-bond donors (Lipinski definition) is 0. The Bertz CT molecular complexity index is 3020. The van der Waals surface area contributed by atoms with Crippen LogP contribution >= 0.6 is 0 Å². The van der Waals surface area contributed by atoms with Crippen LogP contribution in [-0.4, -0.2) is 6.71 Å². The minimum Gasteiger partial charge on any atom is -0.310 e. The average Bonchev–Trinajstić information content (AvgIpc) is 3.58. The third kappa shape index (κ3) is 5.34. The summed E-state index contributed by atoms with van der Waals surface area (Å²) >= 11 is 0. The molecule has 0 N–H and O–H groups in total. The zero-order valence-corrected chi connectivity index (χ0v) is 32.9. The summed E-state index contributed by atoms with van der Waals surface area (Å²) in [4.78, 5) is 4.78. The molecule has 3 heteroatoms. The number of aryl methyl sites for hydroxylation is 3. The molecule has 10 aromatic rings. The Labute approximate surface area is 340 Å². The van der Waals surface area contributed by atoms with Gasteiger partial charge in [-0.2, -0.15) is 0 Å². The van der Waals surface area contributed by atoms with Gasteiger partial charge in [-0.25, -0.2) is 0 Å². The Balaban J connectivity index is 1.18. The molecule has 0 unspecified atom stereocenters. The molecule has 0 aliphatic carbocycles. The van der Waals surface area contributed by atoms with Gasteiger partial charge in [0.15, 0.2) is 0 Å². The van der Waals surface area contributed by atoms with Gasteiger partial charge in [-0.15, -0.1) is 0 Å². The maximum absolute atomic E-state index is 2.49. The van der Waals surface area contributed by atoms with Crippen molar-refractivity contribution in [3.63, 3.8) is 0 Å². The lowest BCUT2D eigenvalue weighted by atomic mass is 9.36. The van der Waals surface area contributed by atoms with Gasteiger partial charge in [0.1, 0.15) is 0 Å². The second kappa shape index (κ2) is 13.5. The normalized spacial score (nSPS) is 12.0. The van der Waals surface area contributed by atoms with Crippen LogP contribution in [0.25, 0.3) is 43.4 Å². The molecule has 2 nitrogen and oxygen atoms in total. The van der Waals surface area contributed by atoms with E-state index in [1.165, 1.54) is 82.2 Å². The first-order chi connectivity index (χ1) is 28.5. The Morgan fingerprint density at radius 1 is 0.310 bits per heavy atom. The molecule has 11 rings (SSSR count). The Morgan fingerprint density at radius 3 is 1.22 bits per heavy atom. The quantitative estimate of drug-likeness (QED) is 0.119. The molecule has 0 saturated heterocycles. The van der Waals surface area contributed by atoms with E-state index in [0.717, 1.165) is 28.4 Å². The topological polar surface area (TPSA) is 6.48 Å². The van der Waals surface area contributed by atoms with Crippen LogP contribution in [0.15, 0.2) is 194 Å². The van der Waals surface area contributed by atoms with Crippen LogP contribution in [0.3, 0.4) is 0 Å². The minimum atomic E-state index is 0.0569. The van der Waals surface area contributed by atoms with Crippen molar-refractivity contribution >= 4 is 89.5 Å². The maximum atomic E-state index is 2.49. The summed E-state index contributed by atoms with van der Waals surface area (Å²) in [7, 11) is 0. The summed E-state index contributed by atoms with van der Waals surface area (Å²) in [6.45, 7) is 7.03. The van der Waals surface area contributed by atoms with E-state index >= 15 is 0 Å². The monoisotopic (exact) mass is 740 g/mol. The van der Waals surface area contributed by atoms with E-state index < -0.39 is 0 Å². The third-order valence-corrected chi connectivity index (χ3v) is 12.4. The zero-order valence-electron chi connectivity index (χ0n) is 32.9. The van der Waals surface area contributed by atoms with Crippen molar-refractivity contribution < 1.29 is 0 Å². The fourth-order valence-electron chi connectivity index (χ4n) is 10.1. The van der Waals surface area contributed by atoms with Crippen LogP contribution in [0.4, 0.5) is 34.1 Å². The highest BCUT2D eigenvalue weighted by molar-refractivity contribution is 7.01. The van der Waals surface area contributed by atoms with Crippen LogP contribution < -0.4 is 26.2 Å². The van der Waals surface area contributed by atoms with E-state index in [-0.39, 0.29) is 6.71 Å². The predicted octanol–water partition coefficient (Wildman–Crippen LogP) is 12.9. The number of hydrogen-bond acceptors (Lipinski definition) is 2. The minimum absolute atomic E-state index is 0.0569. The van der Waals surface area contributed by atoms with Crippen LogP contribution in [0.1, 0.15) is 16.7 Å². The van der Waals surface area contributed by atoms with Gasteiger partial charge in [0.05, 0.1) is 0 Å². The smallest absolute Gasteiger partial charge is 0.244 e. The van der Waals surface area contributed by atoms with E-state index in [9.17, 15) is 0 Å². The SMILES string of the molecule is Cc1cc(N(c2ccccc2)c2ccccc2)cc(C)c1B1c2c(C)cc(N(c3ccccc3)c3ccccc3)cc2-c2cc3ccc4cccc5ccc(c21)c3c45. The van der Waals surface area contributed by atoms with Crippen molar-refractivity contribution in [1.82, 2.24) is 0 Å². The summed E-state index contributed by atoms with van der Waals surface area (Å²) in [6.07, 6.45) is 0. The first kappa shape index (κ1) is 34.2. The van der Waals surface area contributed by atoms with Gasteiger partial charge in [-0.05, 0) is 143 Å². The van der Waals surface area contributed by atoms with E-state index in [1.54, 1.807) is 0 Å². The molecule has 1 aliphatic rings. The molecule has 1 aliphatic heterocycles. The van der Waals surface area contributed by atoms with E-state index in [0.29, 0.717) is 0 Å². The molecule has 0 bridgehead atoms. The molecule has 1 heterocycles. The average molecular weight is 741 g/mol. The fourth-order valence-corrected chi connectivity index (χ4v) is 10.1. The maximum Gasteiger partial charge on any atom is 0.244 e. The van der Waals surface area contributed by atoms with Gasteiger partial charge in [0, 0.05) is 34.1 Å². The lowest BCUT2D eigenvalue weighted by Crippen LogP contribution is -2.52. The summed E-state index contributed by atoms with van der Waals surface area (Å²) < 4.78 is 0. The highest BCUT2D eigenvalue weighted by atomic mass is 15.1. The number of para-hydroxylation sites is 4. The van der Waals surface area contributed by atoms with Gasteiger partial charge in [0.25, 0.3) is 0 Å². The van der Waals surface area contributed by atoms with Gasteiger partial charge >= 0.3 is 0 Å². The summed E-state index contributed by atoms with van der Waals surface area (Å²) in [5.41, 5.74) is 17.6. The molecule has 10 aromatic carbocycles. The molecule has 274 valence electrons. The highest BCUT2D eigenvalue weighted by Crippen LogP contribution is 2.43. The summed E-state index contributed by atoms with van der Waals surface area (Å²) in [5.74, 6) is 0. The Kier molecular flexibility index (Phi) is 7.98. The summed E-state index contributed by atoms with van der Waals surface area (Å²) in [5, 5.41) is 7.95. The molecule has 0 spiro atoms. The second-order valence-electron chi connectivity index (χ2n) is 15.9. The standard InChI is InChI=1S/C55H41BN2/c1-36-31-46(57(42-19-8-4-9-20-42)43-21-10-5-11-22-43)32-37(2)53(36)56-54-38(3)33-47(58(44-23-12-6-13-24-44)45-25-14-7-15-26-45)35-50(54)49-34-41-28-27-39-17-16-18-40-29-30-48(55(49)56)52(41)51(39)40/h4-35H,1-3H3. The first-order valence-corrected chi connectivity index (χ1v) is 20.3. The van der Waals surface area contributed by atoms with E-state index in [1.807, 2.05) is 0 Å². The lowest BCUT2D eigenvalue weighted by Gasteiger charge is -2.29. The number of anilines is 6. The van der Waals surface area contributed by atoms with Crippen molar-refractivity contribution in [3.8, 4) is 11.1 Å². The Hall–Kier alpha value is -7.10. The molecular formula is C55H41BN2. The number of fused-ring (bicyclic) bond motifs is 4. The van der Waals surface area contributed by atoms with Crippen LogP contribution in [0.5, 0.6) is 0 Å². The lowest BCUT2D eigenvalue weighted by molar-refractivity contribution is 1.26. The van der Waals surface area contributed by atoms with Crippen molar-refractivity contribution in [2.75, 3.05) is 9.80 Å². The number of benzene rings is 10. The van der Waals surface area contributed by atoms with E-state index in [4.69, 9.17) is 0 Å². The molecule has 0 aromatic heterocycles. The van der Waals surface area contributed by atoms with Gasteiger partial charge in [-0.1, -0.05) is 148 Å². The number of rotatable bonds is 7. The third-order valence-electron chi connectivity index (χ3n) is 12.4. The van der Waals surface area contributed by atoms with Gasteiger partial charge < -0.3 is 9.80 Å². The Morgan fingerprint density at radius 2 is 0.724 bits per heavy atom. The van der Waals surface area contributed by atoms with E-state index in [2.05, 4.69) is 225 Å². The van der Waals surface area contributed by atoms with Crippen LogP contribution in [-0.2, 0) is 0 Å². The zero-order chi connectivity index (χ0) is 38.9. The molecule has 0 amide bonds. The molecule has 0 radical (unpaired) electrons. The predicted molar refractivity (Wildman–Crippen MR) is 250 cm³/mol. The molecule has 0 saturated carbocycles. The van der Waals surface area contributed by atoms with Crippen molar-refractivity contribution in [2.24, 2.45) is 0 Å². The number of nitrogens with zero attached hydrogens (tertiary/aromatic N) is 2. The van der Waals surface area contributed by atoms with Crippen LogP contribution in [0.2, 0.25) is 0 Å². The molecule has 0 atom stereocenters. The second-order valence-corrected chi connectivity index (χ2v) is 15.9. The van der Waals surface area contributed by atoms with Crippen molar-refractivity contribution in [2.45, 2.75) is 20.8 Å².